The molecule has 0 aliphatic carbocycles. The maximum absolute atomic E-state index is 12.8. The first-order valence-electron chi connectivity index (χ1n) is 8.88. The Bertz CT molecular complexity index is 1180. The van der Waals surface area contributed by atoms with Crippen LogP contribution in [0.3, 0.4) is 0 Å². The highest BCUT2D eigenvalue weighted by atomic mass is 35.5. The van der Waals surface area contributed by atoms with Gasteiger partial charge in [0.1, 0.15) is 5.69 Å². The molecule has 0 spiro atoms. The van der Waals surface area contributed by atoms with Crippen molar-refractivity contribution in [3.8, 4) is 17.2 Å². The summed E-state index contributed by atoms with van der Waals surface area (Å²) in [5, 5.41) is 3.08. The van der Waals surface area contributed by atoms with E-state index >= 15 is 0 Å². The summed E-state index contributed by atoms with van der Waals surface area (Å²) < 4.78 is 13.8. The van der Waals surface area contributed by atoms with Crippen LogP contribution in [0.5, 0.6) is 11.5 Å². The van der Waals surface area contributed by atoms with Crippen LogP contribution in [0.1, 0.15) is 11.3 Å². The number of rotatable bonds is 4. The zero-order valence-corrected chi connectivity index (χ0v) is 16.6. The molecular formula is C21H18ClN3O4. The summed E-state index contributed by atoms with van der Waals surface area (Å²) in [6, 6.07) is 12.6. The number of amides is 1. The zero-order valence-electron chi connectivity index (χ0n) is 15.8. The number of nitrogens with zero attached hydrogens (tertiary/aromatic N) is 2. The van der Waals surface area contributed by atoms with Gasteiger partial charge in [0.15, 0.2) is 11.5 Å². The minimum absolute atomic E-state index is 0.115. The van der Waals surface area contributed by atoms with E-state index in [2.05, 4.69) is 5.32 Å². The lowest BCUT2D eigenvalue weighted by molar-refractivity contribution is -0.111. The van der Waals surface area contributed by atoms with E-state index in [0.717, 1.165) is 0 Å². The number of aromatic nitrogens is 2. The van der Waals surface area contributed by atoms with Crippen LogP contribution in [-0.2, 0) is 11.8 Å². The van der Waals surface area contributed by atoms with Crippen LogP contribution in [0.4, 0.5) is 5.69 Å². The lowest BCUT2D eigenvalue weighted by Gasteiger charge is -2.07. The first kappa shape index (κ1) is 18.9. The number of hydrogen-bond donors (Lipinski definition) is 1. The molecule has 0 saturated heterocycles. The first-order valence-corrected chi connectivity index (χ1v) is 9.25. The average Bonchev–Trinajstić information content (AvgIpc) is 3.27. The van der Waals surface area contributed by atoms with Crippen LogP contribution in [0.25, 0.3) is 11.8 Å². The lowest BCUT2D eigenvalue weighted by atomic mass is 10.2. The molecule has 0 unspecified atom stereocenters. The summed E-state index contributed by atoms with van der Waals surface area (Å²) in [5.74, 6) is 0.599. The molecular weight excluding hydrogens is 394 g/mol. The number of carbonyl (C=O) groups is 1. The average molecular weight is 412 g/mol. The van der Waals surface area contributed by atoms with Gasteiger partial charge in [-0.25, -0.2) is 4.68 Å². The Kier molecular flexibility index (Phi) is 4.90. The van der Waals surface area contributed by atoms with Crippen LogP contribution in [-0.4, -0.2) is 22.1 Å². The van der Waals surface area contributed by atoms with Gasteiger partial charge in [0.05, 0.1) is 16.4 Å². The maximum Gasteiger partial charge on any atom is 0.295 e. The van der Waals surface area contributed by atoms with Gasteiger partial charge in [0.2, 0.25) is 12.7 Å². The first-order chi connectivity index (χ1) is 14.0. The minimum atomic E-state index is -0.426. The van der Waals surface area contributed by atoms with E-state index in [9.17, 15) is 9.59 Å². The number of nitrogens with one attached hydrogen (secondary N) is 1. The van der Waals surface area contributed by atoms with Crippen LogP contribution in [0.2, 0.25) is 5.02 Å². The Morgan fingerprint density at radius 3 is 2.72 bits per heavy atom. The third kappa shape index (κ3) is 3.52. The third-order valence-electron chi connectivity index (χ3n) is 4.68. The summed E-state index contributed by atoms with van der Waals surface area (Å²) >= 11 is 6.15. The second kappa shape index (κ2) is 7.52. The Morgan fingerprint density at radius 1 is 1.21 bits per heavy atom. The standard InChI is InChI=1S/C21H18ClN3O4/c1-13-19(21(27)25(24(13)2)15-6-4-3-5-7-15)23-18(26)9-8-14-10-16(22)20-17(11-14)28-12-29-20/h3-11H,12H2,1-2H3,(H,23,26)/b9-8+. The predicted molar refractivity (Wildman–Crippen MR) is 111 cm³/mol. The highest BCUT2D eigenvalue weighted by molar-refractivity contribution is 6.32. The van der Waals surface area contributed by atoms with Gasteiger partial charge in [-0.05, 0) is 42.8 Å². The van der Waals surface area contributed by atoms with Gasteiger partial charge in [-0.3, -0.25) is 14.3 Å². The number of anilines is 1. The second-order valence-electron chi connectivity index (χ2n) is 6.50. The summed E-state index contributed by atoms with van der Waals surface area (Å²) in [4.78, 5) is 25.3. The van der Waals surface area contributed by atoms with E-state index < -0.39 is 5.91 Å². The number of hydrogen-bond acceptors (Lipinski definition) is 4. The summed E-state index contributed by atoms with van der Waals surface area (Å²) in [6.45, 7) is 1.89. The van der Waals surface area contributed by atoms with Crippen molar-refractivity contribution in [1.82, 2.24) is 9.36 Å². The van der Waals surface area contributed by atoms with Crippen molar-refractivity contribution in [3.05, 3.63) is 75.2 Å². The molecule has 1 aliphatic rings. The largest absolute Gasteiger partial charge is 0.454 e. The molecule has 1 aromatic heterocycles. The maximum atomic E-state index is 12.8. The van der Waals surface area contributed by atoms with Crippen molar-refractivity contribution in [2.45, 2.75) is 6.92 Å². The molecule has 2 aromatic carbocycles. The van der Waals surface area contributed by atoms with E-state index in [-0.39, 0.29) is 18.0 Å². The number of benzene rings is 2. The van der Waals surface area contributed by atoms with Gasteiger partial charge < -0.3 is 14.8 Å². The monoisotopic (exact) mass is 411 g/mol. The van der Waals surface area contributed by atoms with Gasteiger partial charge in [-0.15, -0.1) is 0 Å². The van der Waals surface area contributed by atoms with Crippen LogP contribution < -0.4 is 20.3 Å². The van der Waals surface area contributed by atoms with Crippen molar-refractivity contribution in [2.75, 3.05) is 12.1 Å². The highest BCUT2D eigenvalue weighted by Crippen LogP contribution is 2.40. The van der Waals surface area contributed by atoms with Gasteiger partial charge in [0.25, 0.3) is 5.56 Å². The zero-order chi connectivity index (χ0) is 20.5. The van der Waals surface area contributed by atoms with E-state index in [1.165, 1.54) is 10.8 Å². The van der Waals surface area contributed by atoms with Crippen molar-refractivity contribution in [1.29, 1.82) is 0 Å². The predicted octanol–water partition coefficient (Wildman–Crippen LogP) is 3.52. The van der Waals surface area contributed by atoms with Gasteiger partial charge >= 0.3 is 0 Å². The Labute approximate surface area is 171 Å². The van der Waals surface area contributed by atoms with E-state index in [4.69, 9.17) is 21.1 Å². The second-order valence-corrected chi connectivity index (χ2v) is 6.90. The number of carbonyl (C=O) groups excluding carboxylic acids is 1. The molecule has 0 fully saturated rings. The minimum Gasteiger partial charge on any atom is -0.454 e. The quantitative estimate of drug-likeness (QED) is 0.666. The summed E-state index contributed by atoms with van der Waals surface area (Å²) in [6.07, 6.45) is 2.93. The smallest absolute Gasteiger partial charge is 0.295 e. The van der Waals surface area contributed by atoms with E-state index in [1.54, 1.807) is 36.9 Å². The van der Waals surface area contributed by atoms with Crippen molar-refractivity contribution in [3.63, 3.8) is 0 Å². The highest BCUT2D eigenvalue weighted by Gasteiger charge is 2.19. The van der Waals surface area contributed by atoms with E-state index in [0.29, 0.717) is 33.5 Å². The molecule has 1 amide bonds. The number of fused-ring (bicyclic) bond motifs is 1. The molecule has 29 heavy (non-hydrogen) atoms. The molecule has 8 heteroatoms. The molecule has 148 valence electrons. The molecule has 0 radical (unpaired) electrons. The summed E-state index contributed by atoms with van der Waals surface area (Å²) in [7, 11) is 1.77. The molecule has 2 heterocycles. The Balaban J connectivity index is 1.57. The lowest BCUT2D eigenvalue weighted by Crippen LogP contribution is -2.22. The molecule has 3 aromatic rings. The van der Waals surface area contributed by atoms with Crippen LogP contribution >= 0.6 is 11.6 Å². The fraction of sp³-hybridized carbons (Fsp3) is 0.143. The topological polar surface area (TPSA) is 74.5 Å². The SMILES string of the molecule is Cc1c(NC(=O)/C=C/c2cc(Cl)c3c(c2)OCO3)c(=O)n(-c2ccccc2)n1C. The molecule has 1 aliphatic heterocycles. The van der Waals surface area contributed by atoms with Crippen molar-refractivity contribution < 1.29 is 14.3 Å². The molecule has 0 saturated carbocycles. The fourth-order valence-electron chi connectivity index (χ4n) is 3.13. The Hall–Kier alpha value is -3.45. The molecule has 1 N–H and O–H groups in total. The number of ether oxygens (including phenoxy) is 2. The third-order valence-corrected chi connectivity index (χ3v) is 4.96. The normalized spacial score (nSPS) is 12.5. The molecule has 0 bridgehead atoms. The van der Waals surface area contributed by atoms with Crippen LogP contribution in [0, 0.1) is 6.92 Å². The van der Waals surface area contributed by atoms with Crippen molar-refractivity contribution >= 4 is 29.3 Å². The molecule has 0 atom stereocenters. The van der Waals surface area contributed by atoms with E-state index in [1.807, 2.05) is 30.3 Å². The Morgan fingerprint density at radius 2 is 1.97 bits per heavy atom. The number of halogens is 1. The van der Waals surface area contributed by atoms with Gasteiger partial charge in [-0.1, -0.05) is 29.8 Å². The molecule has 7 nitrogen and oxygen atoms in total. The summed E-state index contributed by atoms with van der Waals surface area (Å²) in [5.41, 5.74) is 1.97. The molecule has 4 rings (SSSR count). The van der Waals surface area contributed by atoms with Crippen LogP contribution in [0.15, 0.2) is 53.3 Å². The van der Waals surface area contributed by atoms with Gasteiger partial charge in [0, 0.05) is 13.1 Å². The number of para-hydroxylation sites is 1. The van der Waals surface area contributed by atoms with Gasteiger partial charge in [-0.2, -0.15) is 0 Å². The van der Waals surface area contributed by atoms with Crippen molar-refractivity contribution in [2.24, 2.45) is 7.05 Å². The fourth-order valence-corrected chi connectivity index (χ4v) is 3.41.